The Morgan fingerprint density at radius 1 is 1.20 bits per heavy atom. The third kappa shape index (κ3) is 5.05. The van der Waals surface area contributed by atoms with Crippen LogP contribution < -0.4 is 5.32 Å². The van der Waals surface area contributed by atoms with Crippen LogP contribution in [0.3, 0.4) is 0 Å². The van der Waals surface area contributed by atoms with Gasteiger partial charge in [0.15, 0.2) is 0 Å². The van der Waals surface area contributed by atoms with Crippen LogP contribution in [0.15, 0.2) is 41.8 Å². The van der Waals surface area contributed by atoms with E-state index in [0.29, 0.717) is 11.6 Å². The zero-order chi connectivity index (χ0) is 17.6. The number of thiophene rings is 1. The summed E-state index contributed by atoms with van der Waals surface area (Å²) in [6.45, 7) is 7.31. The van der Waals surface area contributed by atoms with Crippen molar-refractivity contribution in [3.05, 3.63) is 57.2 Å². The number of piperazine rings is 1. The van der Waals surface area contributed by atoms with Gasteiger partial charge in [0.25, 0.3) is 0 Å². The number of carbonyl (C=O) groups excluding carboxylic acids is 1. The summed E-state index contributed by atoms with van der Waals surface area (Å²) >= 11 is 7.95. The molecule has 1 saturated heterocycles. The van der Waals surface area contributed by atoms with E-state index in [1.165, 1.54) is 4.88 Å². The summed E-state index contributed by atoms with van der Waals surface area (Å²) < 4.78 is 0. The zero-order valence-corrected chi connectivity index (χ0v) is 16.0. The fourth-order valence-corrected chi connectivity index (χ4v) is 4.02. The molecule has 2 heterocycles. The van der Waals surface area contributed by atoms with Gasteiger partial charge >= 0.3 is 0 Å². The molecule has 1 atom stereocenters. The van der Waals surface area contributed by atoms with Crippen molar-refractivity contribution in [1.82, 2.24) is 15.1 Å². The number of hydrogen-bond acceptors (Lipinski definition) is 4. The van der Waals surface area contributed by atoms with Crippen LogP contribution in [0.25, 0.3) is 0 Å². The number of halogens is 1. The molecule has 0 spiro atoms. The summed E-state index contributed by atoms with van der Waals surface area (Å²) in [6, 6.07) is 11.8. The number of nitrogens with zero attached hydrogens (tertiary/aromatic N) is 2. The first-order valence-electron chi connectivity index (χ1n) is 8.63. The van der Waals surface area contributed by atoms with Crippen LogP contribution >= 0.6 is 22.9 Å². The van der Waals surface area contributed by atoms with Crippen molar-refractivity contribution in [2.24, 2.45) is 0 Å². The summed E-state index contributed by atoms with van der Waals surface area (Å²) in [5.41, 5.74) is 0.950. The fourth-order valence-electron chi connectivity index (χ4n) is 3.07. The molecule has 6 heteroatoms. The highest BCUT2D eigenvalue weighted by Gasteiger charge is 2.25. The van der Waals surface area contributed by atoms with Crippen molar-refractivity contribution in [2.75, 3.05) is 26.2 Å². The summed E-state index contributed by atoms with van der Waals surface area (Å²) in [6.07, 6.45) is 0. The van der Waals surface area contributed by atoms with Gasteiger partial charge in [-0.1, -0.05) is 35.9 Å². The maximum atomic E-state index is 12.5. The van der Waals surface area contributed by atoms with E-state index in [0.717, 1.165) is 38.3 Å². The third-order valence-electron chi connectivity index (χ3n) is 4.70. The predicted octanol–water partition coefficient (Wildman–Crippen LogP) is 3.22. The first-order chi connectivity index (χ1) is 12.1. The van der Waals surface area contributed by atoms with Gasteiger partial charge in [-0.3, -0.25) is 14.6 Å². The Morgan fingerprint density at radius 2 is 1.96 bits per heavy atom. The second-order valence-corrected chi connectivity index (χ2v) is 7.82. The van der Waals surface area contributed by atoms with E-state index >= 15 is 0 Å². The van der Waals surface area contributed by atoms with Gasteiger partial charge in [-0.25, -0.2) is 0 Å². The molecule has 4 nitrogen and oxygen atoms in total. The summed E-state index contributed by atoms with van der Waals surface area (Å²) in [7, 11) is 0. The molecule has 2 aromatic rings. The molecule has 0 aliphatic carbocycles. The number of nitrogens with one attached hydrogen (secondary N) is 1. The van der Waals surface area contributed by atoms with Gasteiger partial charge in [0.05, 0.1) is 6.04 Å². The first kappa shape index (κ1) is 18.4. The molecule has 1 amide bonds. The number of benzene rings is 1. The van der Waals surface area contributed by atoms with Crippen molar-refractivity contribution >= 4 is 28.8 Å². The van der Waals surface area contributed by atoms with Crippen molar-refractivity contribution in [2.45, 2.75) is 26.1 Å². The Balaban J connectivity index is 1.44. The molecular formula is C19H24ClN3OS. The minimum Gasteiger partial charge on any atom is -0.351 e. The Labute approximate surface area is 158 Å². The second kappa shape index (κ2) is 8.81. The van der Waals surface area contributed by atoms with Crippen LogP contribution in [0.4, 0.5) is 0 Å². The van der Waals surface area contributed by atoms with Crippen molar-refractivity contribution < 1.29 is 4.79 Å². The van der Waals surface area contributed by atoms with Gasteiger partial charge in [0.2, 0.25) is 5.91 Å². The van der Waals surface area contributed by atoms with Gasteiger partial charge < -0.3 is 5.32 Å². The molecule has 134 valence electrons. The topological polar surface area (TPSA) is 35.6 Å². The SMILES string of the molecule is CC(C(=O)NCc1ccccc1Cl)N1CCN(Cc2cccs2)CC1. The van der Waals surface area contributed by atoms with Crippen molar-refractivity contribution in [3.8, 4) is 0 Å². The zero-order valence-electron chi connectivity index (χ0n) is 14.5. The highest BCUT2D eigenvalue weighted by atomic mass is 35.5. The second-order valence-electron chi connectivity index (χ2n) is 6.38. The summed E-state index contributed by atoms with van der Waals surface area (Å²) in [4.78, 5) is 18.6. The molecule has 1 aliphatic rings. The number of carbonyl (C=O) groups is 1. The van der Waals surface area contributed by atoms with Crippen molar-refractivity contribution in [1.29, 1.82) is 0 Å². The first-order valence-corrected chi connectivity index (χ1v) is 9.89. The van der Waals surface area contributed by atoms with Gasteiger partial charge in [-0.15, -0.1) is 11.3 Å². The molecule has 1 aromatic heterocycles. The molecule has 1 aliphatic heterocycles. The van der Waals surface area contributed by atoms with E-state index in [9.17, 15) is 4.79 Å². The molecular weight excluding hydrogens is 354 g/mol. The minimum atomic E-state index is -0.119. The van der Waals surface area contributed by atoms with E-state index in [4.69, 9.17) is 11.6 Å². The van der Waals surface area contributed by atoms with Gasteiger partial charge in [0, 0.05) is 49.2 Å². The predicted molar refractivity (Wildman–Crippen MR) is 104 cm³/mol. The quantitative estimate of drug-likeness (QED) is 0.839. The molecule has 1 fully saturated rings. The maximum absolute atomic E-state index is 12.5. The summed E-state index contributed by atoms with van der Waals surface area (Å²) in [5.74, 6) is 0.0617. The van der Waals surface area contributed by atoms with Crippen LogP contribution in [0.5, 0.6) is 0 Å². The Morgan fingerprint density at radius 3 is 2.64 bits per heavy atom. The minimum absolute atomic E-state index is 0.0617. The lowest BCUT2D eigenvalue weighted by molar-refractivity contribution is -0.126. The van der Waals surface area contributed by atoms with E-state index in [2.05, 4.69) is 32.6 Å². The molecule has 0 bridgehead atoms. The Bertz CT molecular complexity index is 684. The average Bonchev–Trinajstić information content (AvgIpc) is 3.14. The maximum Gasteiger partial charge on any atom is 0.237 e. The van der Waals surface area contributed by atoms with E-state index in [1.807, 2.05) is 31.2 Å². The van der Waals surface area contributed by atoms with Crippen LogP contribution in [0.1, 0.15) is 17.4 Å². The highest BCUT2D eigenvalue weighted by Crippen LogP contribution is 2.16. The summed E-state index contributed by atoms with van der Waals surface area (Å²) in [5, 5.41) is 5.82. The van der Waals surface area contributed by atoms with Gasteiger partial charge in [-0.2, -0.15) is 0 Å². The third-order valence-corrected chi connectivity index (χ3v) is 5.93. The molecule has 1 unspecified atom stereocenters. The van der Waals surface area contributed by atoms with Crippen LogP contribution in [0, 0.1) is 0 Å². The lowest BCUT2D eigenvalue weighted by atomic mass is 10.2. The molecule has 1 aromatic carbocycles. The Hall–Kier alpha value is -1.40. The van der Waals surface area contributed by atoms with Gasteiger partial charge in [0.1, 0.15) is 0 Å². The van der Waals surface area contributed by atoms with E-state index in [1.54, 1.807) is 11.3 Å². The molecule has 3 rings (SSSR count). The van der Waals surface area contributed by atoms with Crippen LogP contribution in [0.2, 0.25) is 5.02 Å². The Kier molecular flexibility index (Phi) is 6.48. The number of hydrogen-bond donors (Lipinski definition) is 1. The lowest BCUT2D eigenvalue weighted by Gasteiger charge is -2.37. The molecule has 1 N–H and O–H groups in total. The number of rotatable bonds is 6. The lowest BCUT2D eigenvalue weighted by Crippen LogP contribution is -2.53. The fraction of sp³-hybridized carbons (Fsp3) is 0.421. The van der Waals surface area contributed by atoms with Crippen LogP contribution in [-0.2, 0) is 17.9 Å². The van der Waals surface area contributed by atoms with Gasteiger partial charge in [-0.05, 0) is 30.0 Å². The highest BCUT2D eigenvalue weighted by molar-refractivity contribution is 7.09. The molecule has 0 saturated carbocycles. The van der Waals surface area contributed by atoms with E-state index < -0.39 is 0 Å². The van der Waals surface area contributed by atoms with E-state index in [-0.39, 0.29) is 11.9 Å². The molecule has 25 heavy (non-hydrogen) atoms. The van der Waals surface area contributed by atoms with Crippen LogP contribution in [-0.4, -0.2) is 47.9 Å². The standard InChI is InChI=1S/C19H24ClN3OS/c1-15(19(24)21-13-16-5-2-3-7-18(16)20)23-10-8-22(9-11-23)14-17-6-4-12-25-17/h2-7,12,15H,8-11,13-14H2,1H3,(H,21,24). The largest absolute Gasteiger partial charge is 0.351 e. The van der Waals surface area contributed by atoms with Crippen molar-refractivity contribution in [3.63, 3.8) is 0 Å². The number of amides is 1. The average molecular weight is 378 g/mol. The smallest absolute Gasteiger partial charge is 0.237 e. The monoisotopic (exact) mass is 377 g/mol. The molecule has 0 radical (unpaired) electrons. The normalized spacial score (nSPS) is 17.4.